The summed E-state index contributed by atoms with van der Waals surface area (Å²) in [6.45, 7) is 3.79. The molecule has 2 aromatic rings. The van der Waals surface area contributed by atoms with E-state index in [-0.39, 0.29) is 18.1 Å². The van der Waals surface area contributed by atoms with E-state index in [9.17, 15) is 9.41 Å². The van der Waals surface area contributed by atoms with E-state index >= 15 is 0 Å². The van der Waals surface area contributed by atoms with Gasteiger partial charge < -0.3 is 14.1 Å². The molecule has 0 fully saturated rings. The molecule has 0 atom stereocenters. The fraction of sp³-hybridized carbons (Fsp3) is 0.250. The number of oxazole rings is 1. The van der Waals surface area contributed by atoms with Gasteiger partial charge in [0, 0.05) is 0 Å². The predicted octanol–water partition coefficient (Wildman–Crippen LogP) is 1.32. The first-order chi connectivity index (χ1) is 8.56. The van der Waals surface area contributed by atoms with E-state index in [0.29, 0.717) is 16.8 Å². The smallest absolute Gasteiger partial charge is 0.441 e. The van der Waals surface area contributed by atoms with Crippen molar-refractivity contribution in [3.8, 4) is 11.5 Å². The van der Waals surface area contributed by atoms with Gasteiger partial charge >= 0.3 is 7.12 Å². The molecule has 0 saturated carbocycles. The van der Waals surface area contributed by atoms with Crippen LogP contribution in [0.2, 0.25) is 0 Å². The van der Waals surface area contributed by atoms with Gasteiger partial charge in [-0.3, -0.25) is 0 Å². The molecular formula is C12H11BFNO3. The lowest BCUT2D eigenvalue weighted by Crippen LogP contribution is -2.28. The Kier molecular flexibility index (Phi) is 2.50. The lowest BCUT2D eigenvalue weighted by Gasteiger charge is -2.03. The van der Waals surface area contributed by atoms with Crippen molar-refractivity contribution in [1.82, 2.24) is 4.98 Å². The van der Waals surface area contributed by atoms with Crippen LogP contribution in [0, 0.1) is 19.7 Å². The van der Waals surface area contributed by atoms with E-state index in [1.807, 2.05) is 0 Å². The van der Waals surface area contributed by atoms with Gasteiger partial charge in [0.1, 0.15) is 11.6 Å². The van der Waals surface area contributed by atoms with Crippen LogP contribution in [0.25, 0.3) is 11.5 Å². The van der Waals surface area contributed by atoms with Crippen LogP contribution in [0.4, 0.5) is 4.39 Å². The molecule has 1 aliphatic heterocycles. The van der Waals surface area contributed by atoms with Crippen LogP contribution in [0.15, 0.2) is 16.5 Å². The first-order valence-corrected chi connectivity index (χ1v) is 5.62. The summed E-state index contributed by atoms with van der Waals surface area (Å²) in [5.74, 6) is 0.457. The van der Waals surface area contributed by atoms with Gasteiger partial charge in [0.05, 0.1) is 17.9 Å². The average molecular weight is 247 g/mol. The summed E-state index contributed by atoms with van der Waals surface area (Å²) in [5, 5.41) is 9.61. The van der Waals surface area contributed by atoms with Crippen molar-refractivity contribution in [2.45, 2.75) is 20.5 Å². The number of rotatable bonds is 1. The quantitative estimate of drug-likeness (QED) is 0.772. The Morgan fingerprint density at radius 2 is 2.17 bits per heavy atom. The zero-order valence-electron chi connectivity index (χ0n) is 10.0. The lowest BCUT2D eigenvalue weighted by atomic mass is 9.78. The van der Waals surface area contributed by atoms with Gasteiger partial charge in [-0.05, 0) is 37.0 Å². The molecule has 0 bridgehead atoms. The molecule has 0 aliphatic carbocycles. The van der Waals surface area contributed by atoms with Gasteiger partial charge in [-0.25, -0.2) is 9.37 Å². The SMILES string of the molecule is Cc1nc(-c2cc3c(cc2F)COB3O)oc1C. The highest BCUT2D eigenvalue weighted by Gasteiger charge is 2.29. The third-order valence-electron chi connectivity index (χ3n) is 3.15. The topological polar surface area (TPSA) is 55.5 Å². The molecule has 0 radical (unpaired) electrons. The van der Waals surface area contributed by atoms with E-state index in [2.05, 4.69) is 4.98 Å². The third kappa shape index (κ3) is 1.65. The number of benzene rings is 1. The van der Waals surface area contributed by atoms with Crippen LogP contribution in [0.5, 0.6) is 0 Å². The average Bonchev–Trinajstić information content (AvgIpc) is 2.83. The summed E-state index contributed by atoms with van der Waals surface area (Å²) in [4.78, 5) is 4.16. The maximum absolute atomic E-state index is 14.0. The van der Waals surface area contributed by atoms with Crippen molar-refractivity contribution in [1.29, 1.82) is 0 Å². The summed E-state index contributed by atoms with van der Waals surface area (Å²) in [7, 11) is -1.00. The third-order valence-corrected chi connectivity index (χ3v) is 3.15. The van der Waals surface area contributed by atoms with Crippen LogP contribution in [-0.2, 0) is 11.3 Å². The predicted molar refractivity (Wildman–Crippen MR) is 63.8 cm³/mol. The molecule has 1 N–H and O–H groups in total. The second-order valence-corrected chi connectivity index (χ2v) is 4.35. The van der Waals surface area contributed by atoms with Crippen molar-refractivity contribution >= 4 is 12.6 Å². The van der Waals surface area contributed by atoms with Crippen molar-refractivity contribution in [3.05, 3.63) is 35.0 Å². The minimum atomic E-state index is -1.00. The minimum Gasteiger partial charge on any atom is -0.441 e. The molecule has 1 aromatic heterocycles. The lowest BCUT2D eigenvalue weighted by molar-refractivity contribution is 0.275. The summed E-state index contributed by atoms with van der Waals surface area (Å²) >= 11 is 0. The molecule has 92 valence electrons. The molecule has 1 aromatic carbocycles. The van der Waals surface area contributed by atoms with E-state index in [1.54, 1.807) is 13.8 Å². The van der Waals surface area contributed by atoms with Gasteiger partial charge in [-0.15, -0.1) is 0 Å². The molecule has 0 saturated heterocycles. The zero-order chi connectivity index (χ0) is 12.9. The number of hydrogen-bond donors (Lipinski definition) is 1. The van der Waals surface area contributed by atoms with Crippen molar-refractivity contribution in [3.63, 3.8) is 0 Å². The fourth-order valence-corrected chi connectivity index (χ4v) is 2.00. The highest BCUT2D eigenvalue weighted by Crippen LogP contribution is 2.26. The van der Waals surface area contributed by atoms with Crippen molar-refractivity contribution in [2.24, 2.45) is 0 Å². The Morgan fingerprint density at radius 1 is 1.39 bits per heavy atom. The summed E-state index contributed by atoms with van der Waals surface area (Å²) in [5.41, 5.74) is 2.19. The van der Waals surface area contributed by atoms with E-state index in [4.69, 9.17) is 9.07 Å². The van der Waals surface area contributed by atoms with E-state index in [1.165, 1.54) is 12.1 Å². The molecule has 0 amide bonds. The zero-order valence-corrected chi connectivity index (χ0v) is 10.0. The second-order valence-electron chi connectivity index (χ2n) is 4.35. The Balaban J connectivity index is 2.15. The van der Waals surface area contributed by atoms with E-state index < -0.39 is 12.9 Å². The van der Waals surface area contributed by atoms with Crippen LogP contribution in [-0.4, -0.2) is 17.1 Å². The first kappa shape index (κ1) is 11.4. The first-order valence-electron chi connectivity index (χ1n) is 5.62. The summed E-state index contributed by atoms with van der Waals surface area (Å²) < 4.78 is 24.4. The maximum Gasteiger partial charge on any atom is 0.491 e. The van der Waals surface area contributed by atoms with Gasteiger partial charge in [0.25, 0.3) is 0 Å². The van der Waals surface area contributed by atoms with Crippen LogP contribution in [0.1, 0.15) is 17.0 Å². The maximum atomic E-state index is 14.0. The van der Waals surface area contributed by atoms with Crippen molar-refractivity contribution in [2.75, 3.05) is 0 Å². The Morgan fingerprint density at radius 3 is 2.83 bits per heavy atom. The standard InChI is InChI=1S/C12H11BFNO3/c1-6-7(2)18-12(15-6)9-4-10-8(3-11(9)14)5-17-13(10)16/h3-4,16H,5H2,1-2H3. The van der Waals surface area contributed by atoms with E-state index in [0.717, 1.165) is 5.69 Å². The molecule has 2 heterocycles. The van der Waals surface area contributed by atoms with Crippen LogP contribution < -0.4 is 5.46 Å². The number of aryl methyl sites for hydroxylation is 2. The molecule has 0 unspecified atom stereocenters. The molecule has 4 nitrogen and oxygen atoms in total. The fourth-order valence-electron chi connectivity index (χ4n) is 2.00. The Labute approximate surface area is 104 Å². The van der Waals surface area contributed by atoms with Crippen molar-refractivity contribution < 1.29 is 18.5 Å². The van der Waals surface area contributed by atoms with Gasteiger partial charge in [0.15, 0.2) is 0 Å². The van der Waals surface area contributed by atoms with Gasteiger partial charge in [-0.2, -0.15) is 0 Å². The van der Waals surface area contributed by atoms with Crippen LogP contribution >= 0.6 is 0 Å². The molecule has 3 rings (SSSR count). The highest BCUT2D eigenvalue weighted by molar-refractivity contribution is 6.61. The van der Waals surface area contributed by atoms with Crippen LogP contribution in [0.3, 0.4) is 0 Å². The molecule has 18 heavy (non-hydrogen) atoms. The Hall–Kier alpha value is -1.66. The largest absolute Gasteiger partial charge is 0.491 e. The minimum absolute atomic E-state index is 0.220. The second kappa shape index (κ2) is 3.93. The van der Waals surface area contributed by atoms with Gasteiger partial charge in [0.2, 0.25) is 5.89 Å². The number of nitrogens with zero attached hydrogens (tertiary/aromatic N) is 1. The molecule has 6 heteroatoms. The summed E-state index contributed by atoms with van der Waals surface area (Å²) in [6.07, 6.45) is 0. The number of fused-ring (bicyclic) bond motifs is 1. The number of aromatic nitrogens is 1. The summed E-state index contributed by atoms with van der Waals surface area (Å²) in [6, 6.07) is 2.89. The monoisotopic (exact) mass is 247 g/mol. The normalized spacial score (nSPS) is 14.1. The molecule has 0 spiro atoms. The number of halogens is 1. The number of hydrogen-bond acceptors (Lipinski definition) is 4. The highest BCUT2D eigenvalue weighted by atomic mass is 19.1. The van der Waals surface area contributed by atoms with Gasteiger partial charge in [-0.1, -0.05) is 0 Å². The molecule has 1 aliphatic rings. The Bertz CT molecular complexity index is 607. The molecular weight excluding hydrogens is 236 g/mol.